The maximum absolute atomic E-state index is 12.5. The molecule has 1 aliphatic rings. The Morgan fingerprint density at radius 2 is 1.82 bits per heavy atom. The van der Waals surface area contributed by atoms with Gasteiger partial charge in [-0.2, -0.15) is 4.98 Å². The lowest BCUT2D eigenvalue weighted by Gasteiger charge is -2.34. The third-order valence-corrected chi connectivity index (χ3v) is 5.71. The fourth-order valence-corrected chi connectivity index (χ4v) is 3.97. The van der Waals surface area contributed by atoms with E-state index >= 15 is 0 Å². The molecule has 0 radical (unpaired) electrons. The van der Waals surface area contributed by atoms with Crippen LogP contribution in [0.4, 0.5) is 11.6 Å². The Hall–Kier alpha value is -3.79. The van der Waals surface area contributed by atoms with Crippen molar-refractivity contribution in [3.05, 3.63) is 58.0 Å². The van der Waals surface area contributed by atoms with Gasteiger partial charge in [0.05, 0.1) is 5.39 Å². The SMILES string of the molecule is CCn1cc(C(=O)O)c(=O)c2cnc(N3CCN(Cc4ccc(NC(C)=O)cc4)CC3)nc21. The van der Waals surface area contributed by atoms with Crippen molar-refractivity contribution in [3.63, 3.8) is 0 Å². The highest BCUT2D eigenvalue weighted by Crippen LogP contribution is 2.18. The lowest BCUT2D eigenvalue weighted by molar-refractivity contribution is -0.114. The summed E-state index contributed by atoms with van der Waals surface area (Å²) in [6.07, 6.45) is 2.78. The third kappa shape index (κ3) is 4.85. The molecule has 0 saturated carbocycles. The minimum absolute atomic E-state index is 0.0898. The van der Waals surface area contributed by atoms with Crippen LogP contribution in [0, 0.1) is 0 Å². The number of hydrogen-bond acceptors (Lipinski definition) is 7. The highest BCUT2D eigenvalue weighted by atomic mass is 16.4. The number of aromatic nitrogens is 3. The Balaban J connectivity index is 1.45. The van der Waals surface area contributed by atoms with E-state index in [1.165, 1.54) is 24.9 Å². The quantitative estimate of drug-likeness (QED) is 0.583. The number of hydrogen-bond donors (Lipinski definition) is 2. The molecule has 10 nitrogen and oxygen atoms in total. The van der Waals surface area contributed by atoms with Gasteiger partial charge in [0.25, 0.3) is 0 Å². The van der Waals surface area contributed by atoms with E-state index in [0.29, 0.717) is 18.1 Å². The molecule has 0 bridgehead atoms. The van der Waals surface area contributed by atoms with Crippen LogP contribution in [0.3, 0.4) is 0 Å². The number of carbonyl (C=O) groups is 2. The van der Waals surface area contributed by atoms with E-state index < -0.39 is 11.4 Å². The minimum atomic E-state index is -1.26. The van der Waals surface area contributed by atoms with Crippen molar-refractivity contribution in [3.8, 4) is 0 Å². The number of rotatable bonds is 6. The van der Waals surface area contributed by atoms with Gasteiger partial charge in [-0.1, -0.05) is 12.1 Å². The number of amides is 1. The summed E-state index contributed by atoms with van der Waals surface area (Å²) >= 11 is 0. The van der Waals surface area contributed by atoms with Crippen LogP contribution in [0.1, 0.15) is 29.8 Å². The van der Waals surface area contributed by atoms with Gasteiger partial charge < -0.3 is 19.9 Å². The van der Waals surface area contributed by atoms with E-state index in [2.05, 4.69) is 25.1 Å². The smallest absolute Gasteiger partial charge is 0.341 e. The minimum Gasteiger partial charge on any atom is -0.477 e. The first-order valence-corrected chi connectivity index (χ1v) is 10.8. The van der Waals surface area contributed by atoms with Crippen molar-refractivity contribution in [1.29, 1.82) is 0 Å². The second kappa shape index (κ2) is 9.37. The standard InChI is InChI=1S/C23H26N6O4/c1-3-28-14-19(22(32)33)20(31)18-12-24-23(26-21(18)28)29-10-8-27(9-11-29)13-16-4-6-17(7-5-16)25-15(2)30/h4-7,12,14H,3,8-11,13H2,1-2H3,(H,25,30)(H,32,33). The van der Waals surface area contributed by atoms with Crippen molar-refractivity contribution in [2.75, 3.05) is 36.4 Å². The average Bonchev–Trinajstić information content (AvgIpc) is 2.80. The fourth-order valence-electron chi connectivity index (χ4n) is 3.97. The molecule has 3 aromatic rings. The zero-order valence-corrected chi connectivity index (χ0v) is 18.6. The van der Waals surface area contributed by atoms with Gasteiger partial charge in [-0.25, -0.2) is 9.78 Å². The van der Waals surface area contributed by atoms with Crippen LogP contribution < -0.4 is 15.6 Å². The number of anilines is 2. The summed E-state index contributed by atoms with van der Waals surface area (Å²) in [5.41, 5.74) is 1.55. The zero-order valence-electron chi connectivity index (χ0n) is 18.6. The Labute approximate surface area is 190 Å². The molecule has 0 aliphatic carbocycles. The van der Waals surface area contributed by atoms with Crippen molar-refractivity contribution >= 4 is 34.5 Å². The van der Waals surface area contributed by atoms with Crippen molar-refractivity contribution < 1.29 is 14.7 Å². The van der Waals surface area contributed by atoms with Crippen molar-refractivity contribution in [2.45, 2.75) is 26.9 Å². The summed E-state index contributed by atoms with van der Waals surface area (Å²) in [7, 11) is 0. The number of nitrogens with one attached hydrogen (secondary N) is 1. The van der Waals surface area contributed by atoms with Crippen LogP contribution >= 0.6 is 0 Å². The lowest BCUT2D eigenvalue weighted by atomic mass is 10.1. The second-order valence-electron chi connectivity index (χ2n) is 8.01. The summed E-state index contributed by atoms with van der Waals surface area (Å²) in [5.74, 6) is -0.812. The number of pyridine rings is 1. The summed E-state index contributed by atoms with van der Waals surface area (Å²) in [5, 5.41) is 12.3. The maximum atomic E-state index is 12.5. The summed E-state index contributed by atoms with van der Waals surface area (Å²) in [6.45, 7) is 7.78. The van der Waals surface area contributed by atoms with Crippen LogP contribution in [0.2, 0.25) is 0 Å². The summed E-state index contributed by atoms with van der Waals surface area (Å²) in [6, 6.07) is 7.83. The Kier molecular flexibility index (Phi) is 6.36. The molecule has 0 spiro atoms. The van der Waals surface area contributed by atoms with E-state index in [1.54, 1.807) is 4.57 Å². The van der Waals surface area contributed by atoms with Gasteiger partial charge in [-0.3, -0.25) is 14.5 Å². The van der Waals surface area contributed by atoms with Crippen LogP contribution in [-0.4, -0.2) is 62.6 Å². The Morgan fingerprint density at radius 3 is 2.42 bits per heavy atom. The molecule has 2 aromatic heterocycles. The first kappa shape index (κ1) is 22.4. The zero-order chi connectivity index (χ0) is 23.5. The van der Waals surface area contributed by atoms with Gasteiger partial charge in [0.2, 0.25) is 17.3 Å². The van der Waals surface area contributed by atoms with Crippen LogP contribution in [0.25, 0.3) is 11.0 Å². The predicted molar refractivity (Wildman–Crippen MR) is 125 cm³/mol. The summed E-state index contributed by atoms with van der Waals surface area (Å²) in [4.78, 5) is 48.4. The molecule has 4 rings (SSSR count). The van der Waals surface area contributed by atoms with E-state index in [1.807, 2.05) is 31.2 Å². The van der Waals surface area contributed by atoms with E-state index in [-0.39, 0.29) is 16.9 Å². The number of carboxylic acids is 1. The molecule has 2 N–H and O–H groups in total. The highest BCUT2D eigenvalue weighted by molar-refractivity contribution is 5.91. The number of aryl methyl sites for hydroxylation is 1. The normalized spacial score (nSPS) is 14.4. The van der Waals surface area contributed by atoms with Crippen molar-refractivity contribution in [1.82, 2.24) is 19.4 Å². The van der Waals surface area contributed by atoms with Crippen LogP contribution in [0.15, 0.2) is 41.5 Å². The Morgan fingerprint density at radius 1 is 1.12 bits per heavy atom. The Bertz CT molecular complexity index is 1250. The van der Waals surface area contributed by atoms with E-state index in [4.69, 9.17) is 0 Å². The molecular formula is C23H26N6O4. The second-order valence-corrected chi connectivity index (χ2v) is 8.01. The molecule has 0 unspecified atom stereocenters. The number of fused-ring (bicyclic) bond motifs is 1. The van der Waals surface area contributed by atoms with Gasteiger partial charge in [-0.15, -0.1) is 0 Å². The number of benzene rings is 1. The number of piperazine rings is 1. The number of aromatic carboxylic acids is 1. The fraction of sp³-hybridized carbons (Fsp3) is 0.348. The number of nitrogens with zero attached hydrogens (tertiary/aromatic N) is 5. The molecule has 1 amide bonds. The van der Waals surface area contributed by atoms with Gasteiger partial charge in [0.15, 0.2) is 0 Å². The van der Waals surface area contributed by atoms with Gasteiger partial charge >= 0.3 is 5.97 Å². The average molecular weight is 450 g/mol. The molecule has 3 heterocycles. The topological polar surface area (TPSA) is 121 Å². The molecule has 1 aromatic carbocycles. The van der Waals surface area contributed by atoms with E-state index in [9.17, 15) is 19.5 Å². The van der Waals surface area contributed by atoms with Gasteiger partial charge in [0, 0.05) is 64.3 Å². The molecule has 1 saturated heterocycles. The predicted octanol–water partition coefficient (Wildman–Crippen LogP) is 1.79. The maximum Gasteiger partial charge on any atom is 0.341 e. The molecule has 0 atom stereocenters. The molecular weight excluding hydrogens is 424 g/mol. The molecule has 172 valence electrons. The monoisotopic (exact) mass is 450 g/mol. The van der Waals surface area contributed by atoms with E-state index in [0.717, 1.165) is 38.4 Å². The lowest BCUT2D eigenvalue weighted by Crippen LogP contribution is -2.46. The summed E-state index contributed by atoms with van der Waals surface area (Å²) < 4.78 is 1.67. The highest BCUT2D eigenvalue weighted by Gasteiger charge is 2.21. The largest absolute Gasteiger partial charge is 0.477 e. The molecule has 10 heteroatoms. The molecule has 1 fully saturated rings. The van der Waals surface area contributed by atoms with Crippen LogP contribution in [-0.2, 0) is 17.9 Å². The van der Waals surface area contributed by atoms with Crippen molar-refractivity contribution in [2.24, 2.45) is 0 Å². The first-order chi connectivity index (χ1) is 15.9. The first-order valence-electron chi connectivity index (χ1n) is 10.8. The van der Waals surface area contributed by atoms with Gasteiger partial charge in [0.1, 0.15) is 11.2 Å². The number of carbonyl (C=O) groups excluding carboxylic acids is 1. The van der Waals surface area contributed by atoms with Crippen LogP contribution in [0.5, 0.6) is 0 Å². The number of carboxylic acid groups (broad SMARTS) is 1. The third-order valence-electron chi connectivity index (χ3n) is 5.71. The molecule has 1 aliphatic heterocycles. The molecule has 33 heavy (non-hydrogen) atoms. The van der Waals surface area contributed by atoms with Gasteiger partial charge in [-0.05, 0) is 24.6 Å².